The lowest BCUT2D eigenvalue weighted by Crippen LogP contribution is -1.93. The van der Waals surface area contributed by atoms with Crippen molar-refractivity contribution in [2.75, 3.05) is 5.73 Å². The van der Waals surface area contributed by atoms with Gasteiger partial charge in [0.15, 0.2) is 5.75 Å². The average Bonchev–Trinajstić information content (AvgIpc) is 1.98. The summed E-state index contributed by atoms with van der Waals surface area (Å²) in [6.07, 6.45) is 1.78. The Morgan fingerprint density at radius 2 is 2.22 bits per heavy atom. The minimum absolute atomic E-state index is 0.192. The first-order valence-electron chi connectivity index (χ1n) is 2.73. The quantitative estimate of drug-likeness (QED) is 0.535. The molecule has 0 aliphatic carbocycles. The van der Waals surface area contributed by atoms with Crippen LogP contribution in [-0.4, -0.2) is 9.67 Å². The highest BCUT2D eigenvalue weighted by Gasteiger charge is 2.03. The van der Waals surface area contributed by atoms with Gasteiger partial charge in [-0.15, -0.1) is 0 Å². The Balaban J connectivity index is 3.29. The van der Waals surface area contributed by atoms with Crippen LogP contribution in [0, 0.1) is 6.92 Å². The Morgan fingerprint density at radius 1 is 1.67 bits per heavy atom. The Bertz CT molecular complexity index is 205. The van der Waals surface area contributed by atoms with Crippen LogP contribution in [0.2, 0.25) is 0 Å². The average molecular weight is 126 g/mol. The molecule has 0 saturated heterocycles. The fourth-order valence-electron chi connectivity index (χ4n) is 0.790. The van der Waals surface area contributed by atoms with Gasteiger partial charge in [0.05, 0.1) is 0 Å². The van der Waals surface area contributed by atoms with E-state index in [4.69, 9.17) is 10.8 Å². The normalized spacial score (nSPS) is 10.0. The summed E-state index contributed by atoms with van der Waals surface area (Å²) in [5.74, 6) is 0.616. The summed E-state index contributed by atoms with van der Waals surface area (Å²) in [6, 6.07) is 0. The van der Waals surface area contributed by atoms with E-state index >= 15 is 0 Å². The minimum Gasteiger partial charge on any atom is -0.504 e. The van der Waals surface area contributed by atoms with Gasteiger partial charge in [0.2, 0.25) is 0 Å². The van der Waals surface area contributed by atoms with Crippen LogP contribution >= 0.6 is 0 Å². The molecule has 1 aromatic heterocycles. The summed E-state index contributed by atoms with van der Waals surface area (Å²) >= 11 is 0. The summed E-state index contributed by atoms with van der Waals surface area (Å²) in [7, 11) is 1.79. The van der Waals surface area contributed by atoms with E-state index in [-0.39, 0.29) is 5.75 Å². The van der Waals surface area contributed by atoms with E-state index in [1.165, 1.54) is 0 Å². The van der Waals surface area contributed by atoms with Crippen molar-refractivity contribution in [2.45, 2.75) is 6.92 Å². The summed E-state index contributed by atoms with van der Waals surface area (Å²) in [5, 5.41) is 9.08. The highest BCUT2D eigenvalue weighted by molar-refractivity contribution is 5.51. The Kier molecular flexibility index (Phi) is 1.12. The minimum atomic E-state index is 0.192. The van der Waals surface area contributed by atoms with Crippen LogP contribution in [0.25, 0.3) is 0 Å². The van der Waals surface area contributed by atoms with Crippen molar-refractivity contribution in [1.29, 1.82) is 0 Å². The largest absolute Gasteiger partial charge is 0.504 e. The predicted molar refractivity (Wildman–Crippen MR) is 36.2 cm³/mol. The van der Waals surface area contributed by atoms with Crippen LogP contribution < -0.4 is 5.73 Å². The Hall–Kier alpha value is -1.12. The lowest BCUT2D eigenvalue weighted by Gasteiger charge is -1.92. The van der Waals surface area contributed by atoms with Gasteiger partial charge in [-0.05, 0) is 6.92 Å². The number of hydrogen-bond donors (Lipinski definition) is 2. The van der Waals surface area contributed by atoms with Crippen LogP contribution in [0.15, 0.2) is 6.20 Å². The number of aromatic nitrogens is 1. The summed E-state index contributed by atoms with van der Waals surface area (Å²) in [4.78, 5) is 0. The maximum absolute atomic E-state index is 9.08. The standard InChI is InChI=1S/C6H10N2O/c1-4-3-8(2)6(7)5(4)9/h3,9H,7H2,1-2H3. The smallest absolute Gasteiger partial charge is 0.160 e. The van der Waals surface area contributed by atoms with Gasteiger partial charge in [0, 0.05) is 18.8 Å². The second-order valence-corrected chi connectivity index (χ2v) is 2.16. The first-order chi connectivity index (χ1) is 4.13. The van der Waals surface area contributed by atoms with E-state index in [0.717, 1.165) is 5.56 Å². The zero-order valence-electron chi connectivity index (χ0n) is 5.55. The molecule has 3 nitrogen and oxygen atoms in total. The van der Waals surface area contributed by atoms with Crippen molar-refractivity contribution < 1.29 is 5.11 Å². The number of nitrogens with zero attached hydrogens (tertiary/aromatic N) is 1. The molecule has 0 saturated carbocycles. The molecule has 3 heteroatoms. The first kappa shape index (κ1) is 6.01. The SMILES string of the molecule is Cc1cn(C)c(N)c1O. The van der Waals surface area contributed by atoms with Gasteiger partial charge < -0.3 is 15.4 Å². The molecule has 0 aliphatic rings. The van der Waals surface area contributed by atoms with Crippen molar-refractivity contribution in [3.05, 3.63) is 11.8 Å². The number of aromatic hydroxyl groups is 1. The van der Waals surface area contributed by atoms with E-state index in [1.54, 1.807) is 17.8 Å². The molecule has 9 heavy (non-hydrogen) atoms. The zero-order chi connectivity index (χ0) is 7.02. The van der Waals surface area contributed by atoms with E-state index in [9.17, 15) is 0 Å². The fourth-order valence-corrected chi connectivity index (χ4v) is 0.790. The molecule has 0 radical (unpaired) electrons. The molecule has 0 bridgehead atoms. The van der Waals surface area contributed by atoms with E-state index in [2.05, 4.69) is 0 Å². The predicted octanol–water partition coefficient (Wildman–Crippen LogP) is 0.621. The number of anilines is 1. The van der Waals surface area contributed by atoms with Crippen molar-refractivity contribution in [2.24, 2.45) is 7.05 Å². The molecule has 0 aliphatic heterocycles. The Morgan fingerprint density at radius 3 is 2.33 bits per heavy atom. The summed E-state index contributed by atoms with van der Waals surface area (Å²) < 4.78 is 1.69. The van der Waals surface area contributed by atoms with Crippen LogP contribution in [0.1, 0.15) is 5.56 Å². The van der Waals surface area contributed by atoms with E-state index in [0.29, 0.717) is 5.82 Å². The topological polar surface area (TPSA) is 51.2 Å². The van der Waals surface area contributed by atoms with Gasteiger partial charge in [-0.1, -0.05) is 0 Å². The molecule has 0 atom stereocenters. The van der Waals surface area contributed by atoms with Crippen molar-refractivity contribution in [1.82, 2.24) is 4.57 Å². The molecule has 0 unspecified atom stereocenters. The molecule has 1 aromatic rings. The number of rotatable bonds is 0. The lowest BCUT2D eigenvalue weighted by molar-refractivity contribution is 0.474. The van der Waals surface area contributed by atoms with Gasteiger partial charge in [-0.3, -0.25) is 0 Å². The summed E-state index contributed by atoms with van der Waals surface area (Å²) in [6.45, 7) is 1.81. The van der Waals surface area contributed by atoms with Crippen LogP contribution in [0.3, 0.4) is 0 Å². The van der Waals surface area contributed by atoms with Crippen molar-refractivity contribution in [3.63, 3.8) is 0 Å². The maximum atomic E-state index is 9.08. The number of nitrogen functional groups attached to an aromatic ring is 1. The Labute approximate surface area is 53.7 Å². The highest BCUT2D eigenvalue weighted by Crippen LogP contribution is 2.24. The molecular weight excluding hydrogens is 116 g/mol. The molecule has 0 fully saturated rings. The molecule has 0 spiro atoms. The third-order valence-electron chi connectivity index (χ3n) is 1.38. The first-order valence-corrected chi connectivity index (χ1v) is 2.73. The molecular formula is C6H10N2O. The fraction of sp³-hybridized carbons (Fsp3) is 0.333. The lowest BCUT2D eigenvalue weighted by atomic mass is 10.3. The van der Waals surface area contributed by atoms with Gasteiger partial charge in [0.1, 0.15) is 5.82 Å². The third-order valence-corrected chi connectivity index (χ3v) is 1.38. The van der Waals surface area contributed by atoms with Gasteiger partial charge in [0.25, 0.3) is 0 Å². The molecule has 1 heterocycles. The second kappa shape index (κ2) is 1.69. The molecule has 0 aromatic carbocycles. The number of hydrogen-bond acceptors (Lipinski definition) is 2. The van der Waals surface area contributed by atoms with Crippen LogP contribution in [0.4, 0.5) is 5.82 Å². The zero-order valence-corrected chi connectivity index (χ0v) is 5.55. The van der Waals surface area contributed by atoms with E-state index in [1.807, 2.05) is 6.92 Å². The van der Waals surface area contributed by atoms with Crippen LogP contribution in [-0.2, 0) is 7.05 Å². The molecule has 3 N–H and O–H groups in total. The monoisotopic (exact) mass is 126 g/mol. The second-order valence-electron chi connectivity index (χ2n) is 2.16. The number of nitrogens with two attached hydrogens (primary N) is 1. The van der Waals surface area contributed by atoms with Crippen molar-refractivity contribution >= 4 is 5.82 Å². The highest BCUT2D eigenvalue weighted by atomic mass is 16.3. The van der Waals surface area contributed by atoms with Crippen LogP contribution in [0.5, 0.6) is 5.75 Å². The van der Waals surface area contributed by atoms with Gasteiger partial charge in [-0.2, -0.15) is 0 Å². The van der Waals surface area contributed by atoms with Gasteiger partial charge in [-0.25, -0.2) is 0 Å². The van der Waals surface area contributed by atoms with E-state index < -0.39 is 0 Å². The number of aryl methyl sites for hydroxylation is 2. The molecule has 50 valence electrons. The summed E-state index contributed by atoms with van der Waals surface area (Å²) in [5.41, 5.74) is 6.23. The molecule has 1 rings (SSSR count). The molecule has 0 amide bonds. The third kappa shape index (κ3) is 0.740. The van der Waals surface area contributed by atoms with Gasteiger partial charge >= 0.3 is 0 Å². The van der Waals surface area contributed by atoms with Crippen molar-refractivity contribution in [3.8, 4) is 5.75 Å². The maximum Gasteiger partial charge on any atom is 0.160 e.